The lowest BCUT2D eigenvalue weighted by atomic mass is 10.1. The van der Waals surface area contributed by atoms with Crippen LogP contribution in [0.25, 0.3) is 10.8 Å². The maximum atomic E-state index is 12.8. The molecule has 0 aliphatic carbocycles. The van der Waals surface area contributed by atoms with E-state index in [0.717, 1.165) is 23.8 Å². The van der Waals surface area contributed by atoms with Crippen LogP contribution in [-0.2, 0) is 4.74 Å². The van der Waals surface area contributed by atoms with E-state index in [2.05, 4.69) is 20.4 Å². The average Bonchev–Trinajstić information content (AvgIpc) is 3.30. The van der Waals surface area contributed by atoms with Crippen molar-refractivity contribution in [3.63, 3.8) is 0 Å². The molecule has 4 rings (SSSR count). The third-order valence-electron chi connectivity index (χ3n) is 5.26. The van der Waals surface area contributed by atoms with Gasteiger partial charge >= 0.3 is 6.61 Å². The van der Waals surface area contributed by atoms with Crippen LogP contribution in [0.1, 0.15) is 28.4 Å². The zero-order valence-electron chi connectivity index (χ0n) is 17.1. The maximum Gasteiger partial charge on any atom is 0.387 e. The number of carbonyl (C=O) groups excluding carboxylic acids is 1. The Kier molecular flexibility index (Phi) is 6.77. The standard InChI is InChI=1S/C23H23F2N3O4/c24-23(25)32-19-5-3-14(4-6-19)20(12-29)28-22(30)15-1-2-16-11-26-21(10-17(16)9-15)27-18-7-8-31-13-18/h1-6,9-11,18,20,23,29H,7-8,12-13H2,(H,26,27)(H,28,30). The van der Waals surface area contributed by atoms with Gasteiger partial charge in [-0.25, -0.2) is 4.98 Å². The maximum absolute atomic E-state index is 12.8. The third kappa shape index (κ3) is 5.30. The highest BCUT2D eigenvalue weighted by atomic mass is 19.3. The lowest BCUT2D eigenvalue weighted by Crippen LogP contribution is -2.30. The van der Waals surface area contributed by atoms with Crippen LogP contribution in [0, 0.1) is 0 Å². The van der Waals surface area contributed by atoms with Gasteiger partial charge in [-0.3, -0.25) is 4.79 Å². The number of ether oxygens (including phenoxy) is 2. The Balaban J connectivity index is 1.47. The number of aliphatic hydroxyl groups is 1. The summed E-state index contributed by atoms with van der Waals surface area (Å²) in [4.78, 5) is 17.2. The quantitative estimate of drug-likeness (QED) is 0.494. The van der Waals surface area contributed by atoms with Gasteiger partial charge in [-0.1, -0.05) is 18.2 Å². The van der Waals surface area contributed by atoms with E-state index in [-0.39, 0.29) is 24.3 Å². The first-order chi connectivity index (χ1) is 15.5. The van der Waals surface area contributed by atoms with E-state index >= 15 is 0 Å². The van der Waals surface area contributed by atoms with Crippen molar-refractivity contribution in [1.82, 2.24) is 10.3 Å². The number of halogens is 2. The molecule has 32 heavy (non-hydrogen) atoms. The number of hydrogen-bond acceptors (Lipinski definition) is 6. The molecule has 1 amide bonds. The summed E-state index contributed by atoms with van der Waals surface area (Å²) in [5.41, 5.74) is 0.993. The van der Waals surface area contributed by atoms with Gasteiger partial charge in [-0.05, 0) is 47.7 Å². The smallest absolute Gasteiger partial charge is 0.387 e. The molecule has 0 spiro atoms. The fourth-order valence-corrected chi connectivity index (χ4v) is 3.58. The van der Waals surface area contributed by atoms with Crippen molar-refractivity contribution in [2.24, 2.45) is 0 Å². The number of aliphatic hydroxyl groups excluding tert-OH is 1. The number of amides is 1. The number of anilines is 1. The van der Waals surface area contributed by atoms with E-state index in [9.17, 15) is 18.7 Å². The molecule has 2 heterocycles. The van der Waals surface area contributed by atoms with Gasteiger partial charge in [0.1, 0.15) is 11.6 Å². The summed E-state index contributed by atoms with van der Waals surface area (Å²) in [6, 6.07) is 12.4. The number of pyridine rings is 1. The summed E-state index contributed by atoms with van der Waals surface area (Å²) in [6.45, 7) is -1.90. The minimum absolute atomic E-state index is 0.00323. The highest BCUT2D eigenvalue weighted by Crippen LogP contribution is 2.22. The molecule has 0 saturated carbocycles. The lowest BCUT2D eigenvalue weighted by Gasteiger charge is -2.17. The normalized spacial score (nSPS) is 16.8. The van der Waals surface area contributed by atoms with Gasteiger partial charge in [0.25, 0.3) is 5.91 Å². The molecular weight excluding hydrogens is 420 g/mol. The van der Waals surface area contributed by atoms with Crippen LogP contribution < -0.4 is 15.4 Å². The SMILES string of the molecule is O=C(NC(CO)c1ccc(OC(F)F)cc1)c1ccc2cnc(NC3CCOC3)cc2c1. The van der Waals surface area contributed by atoms with E-state index in [1.807, 2.05) is 12.1 Å². The van der Waals surface area contributed by atoms with Gasteiger partial charge in [-0.15, -0.1) is 0 Å². The second kappa shape index (κ2) is 9.88. The Morgan fingerprint density at radius 1 is 1.19 bits per heavy atom. The zero-order chi connectivity index (χ0) is 22.5. The molecule has 1 aliphatic heterocycles. The van der Waals surface area contributed by atoms with E-state index in [1.165, 1.54) is 24.3 Å². The largest absolute Gasteiger partial charge is 0.435 e. The van der Waals surface area contributed by atoms with Crippen LogP contribution >= 0.6 is 0 Å². The predicted molar refractivity (Wildman–Crippen MR) is 115 cm³/mol. The van der Waals surface area contributed by atoms with Crippen molar-refractivity contribution >= 4 is 22.5 Å². The number of nitrogens with zero attached hydrogens (tertiary/aromatic N) is 1. The molecule has 2 aromatic carbocycles. The van der Waals surface area contributed by atoms with Crippen LogP contribution in [0.2, 0.25) is 0 Å². The predicted octanol–water partition coefficient (Wildman–Crippen LogP) is 3.50. The third-order valence-corrected chi connectivity index (χ3v) is 5.26. The van der Waals surface area contributed by atoms with Crippen molar-refractivity contribution in [2.75, 3.05) is 25.1 Å². The number of aromatic nitrogens is 1. The van der Waals surface area contributed by atoms with Crippen LogP contribution in [0.5, 0.6) is 5.75 Å². The molecule has 0 bridgehead atoms. The number of carbonyl (C=O) groups is 1. The Morgan fingerprint density at radius 2 is 2.00 bits per heavy atom. The molecule has 1 aromatic heterocycles. The minimum atomic E-state index is -2.92. The van der Waals surface area contributed by atoms with E-state index in [0.29, 0.717) is 23.6 Å². The Hall–Kier alpha value is -3.30. The number of nitrogens with one attached hydrogen (secondary N) is 2. The lowest BCUT2D eigenvalue weighted by molar-refractivity contribution is -0.0498. The molecule has 1 aliphatic rings. The van der Waals surface area contributed by atoms with Crippen molar-refractivity contribution in [3.8, 4) is 5.75 Å². The van der Waals surface area contributed by atoms with Crippen molar-refractivity contribution in [1.29, 1.82) is 0 Å². The van der Waals surface area contributed by atoms with Gasteiger partial charge < -0.3 is 25.2 Å². The first kappa shape index (κ1) is 21.9. The van der Waals surface area contributed by atoms with Gasteiger partial charge in [0.2, 0.25) is 0 Å². The number of fused-ring (bicyclic) bond motifs is 1. The molecule has 168 valence electrons. The Morgan fingerprint density at radius 3 is 2.69 bits per heavy atom. The van der Waals surface area contributed by atoms with E-state index in [4.69, 9.17) is 4.74 Å². The highest BCUT2D eigenvalue weighted by Gasteiger charge is 2.18. The summed E-state index contributed by atoms with van der Waals surface area (Å²) in [5, 5.41) is 17.6. The van der Waals surface area contributed by atoms with Crippen molar-refractivity contribution in [2.45, 2.75) is 25.1 Å². The summed E-state index contributed by atoms with van der Waals surface area (Å²) >= 11 is 0. The molecule has 1 saturated heterocycles. The average molecular weight is 443 g/mol. The number of hydrogen-bond donors (Lipinski definition) is 3. The topological polar surface area (TPSA) is 92.7 Å². The van der Waals surface area contributed by atoms with Crippen LogP contribution in [-0.4, -0.2) is 48.5 Å². The summed E-state index contributed by atoms with van der Waals surface area (Å²) in [7, 11) is 0. The molecule has 2 unspecified atom stereocenters. The summed E-state index contributed by atoms with van der Waals surface area (Å²) in [6.07, 6.45) is 2.66. The molecular formula is C23H23F2N3O4. The van der Waals surface area contributed by atoms with Gasteiger partial charge in [0.15, 0.2) is 0 Å². The molecule has 2 atom stereocenters. The van der Waals surface area contributed by atoms with Crippen molar-refractivity contribution in [3.05, 3.63) is 65.9 Å². The van der Waals surface area contributed by atoms with Gasteiger partial charge in [-0.2, -0.15) is 8.78 Å². The fraction of sp³-hybridized carbons (Fsp3) is 0.304. The van der Waals surface area contributed by atoms with Crippen molar-refractivity contribution < 1.29 is 28.2 Å². The first-order valence-electron chi connectivity index (χ1n) is 10.2. The monoisotopic (exact) mass is 443 g/mol. The Bertz CT molecular complexity index is 1070. The minimum Gasteiger partial charge on any atom is -0.435 e. The van der Waals surface area contributed by atoms with Crippen LogP contribution in [0.4, 0.5) is 14.6 Å². The van der Waals surface area contributed by atoms with Gasteiger partial charge in [0.05, 0.1) is 25.3 Å². The number of benzene rings is 2. The molecule has 9 heteroatoms. The molecule has 7 nitrogen and oxygen atoms in total. The van der Waals surface area contributed by atoms with Crippen LogP contribution in [0.15, 0.2) is 54.7 Å². The summed E-state index contributed by atoms with van der Waals surface area (Å²) in [5.74, 6) is 0.350. The van der Waals surface area contributed by atoms with Gasteiger partial charge in [0, 0.05) is 23.8 Å². The molecule has 3 aromatic rings. The zero-order valence-corrected chi connectivity index (χ0v) is 17.1. The summed E-state index contributed by atoms with van der Waals surface area (Å²) < 4.78 is 34.3. The number of rotatable bonds is 8. The molecule has 0 radical (unpaired) electrons. The highest BCUT2D eigenvalue weighted by molar-refractivity contribution is 5.99. The van der Waals surface area contributed by atoms with Crippen LogP contribution in [0.3, 0.4) is 0 Å². The second-order valence-electron chi connectivity index (χ2n) is 7.49. The second-order valence-corrected chi connectivity index (χ2v) is 7.49. The first-order valence-corrected chi connectivity index (χ1v) is 10.2. The van der Waals surface area contributed by atoms with E-state index < -0.39 is 12.7 Å². The molecule has 3 N–H and O–H groups in total. The Labute approximate surface area is 183 Å². The number of alkyl halides is 2. The fourth-order valence-electron chi connectivity index (χ4n) is 3.58. The molecule has 1 fully saturated rings. The van der Waals surface area contributed by atoms with E-state index in [1.54, 1.807) is 18.3 Å².